The maximum absolute atomic E-state index is 4.98. The van der Waals surface area contributed by atoms with Crippen molar-refractivity contribution in [2.24, 2.45) is 0 Å². The van der Waals surface area contributed by atoms with Gasteiger partial charge in [0.1, 0.15) is 0 Å². The van der Waals surface area contributed by atoms with Crippen LogP contribution in [0.1, 0.15) is 43.3 Å². The van der Waals surface area contributed by atoms with E-state index in [-0.39, 0.29) is 0 Å². The van der Waals surface area contributed by atoms with Crippen LogP contribution in [0, 0.1) is 0 Å². The second-order valence-corrected chi connectivity index (χ2v) is 7.02. The highest BCUT2D eigenvalue weighted by Gasteiger charge is 2.28. The van der Waals surface area contributed by atoms with Crippen molar-refractivity contribution in [1.82, 2.24) is 15.2 Å². The summed E-state index contributed by atoms with van der Waals surface area (Å²) in [5.74, 6) is 0. The van der Waals surface area contributed by atoms with Gasteiger partial charge in [0.15, 0.2) is 5.13 Å². The van der Waals surface area contributed by atoms with E-state index in [1.54, 1.807) is 0 Å². The minimum atomic E-state index is 0.470. The van der Waals surface area contributed by atoms with E-state index in [9.17, 15) is 0 Å². The van der Waals surface area contributed by atoms with E-state index in [1.807, 2.05) is 11.3 Å². The zero-order valence-electron chi connectivity index (χ0n) is 12.9. The molecule has 0 amide bonds. The summed E-state index contributed by atoms with van der Waals surface area (Å²) < 4.78 is 0. The molecule has 1 saturated heterocycles. The van der Waals surface area contributed by atoms with Crippen LogP contribution in [-0.2, 0) is 6.42 Å². The molecule has 2 atom stereocenters. The van der Waals surface area contributed by atoms with Crippen LogP contribution in [0.25, 0.3) is 0 Å². The standard InChI is InChI=1S/C15H26N4S/c1-4-18-8-9-19(10-11(18)2)15-17-14-12(16-3)6-5-7-13(14)20-15/h11-12,16H,4-10H2,1-3H3. The largest absolute Gasteiger partial charge is 0.345 e. The van der Waals surface area contributed by atoms with Crippen LogP contribution >= 0.6 is 11.3 Å². The van der Waals surface area contributed by atoms with Crippen molar-refractivity contribution >= 4 is 16.5 Å². The smallest absolute Gasteiger partial charge is 0.185 e. The van der Waals surface area contributed by atoms with Gasteiger partial charge in [-0.3, -0.25) is 4.90 Å². The molecule has 2 aliphatic rings. The molecule has 2 heterocycles. The SMILES string of the molecule is CCN1CCN(c2nc3c(s2)CCCC3NC)CC1C. The molecule has 1 aliphatic carbocycles. The third-order valence-electron chi connectivity index (χ3n) is 4.73. The first kappa shape index (κ1) is 14.3. The van der Waals surface area contributed by atoms with Gasteiger partial charge in [-0.2, -0.15) is 0 Å². The van der Waals surface area contributed by atoms with E-state index in [2.05, 4.69) is 36.0 Å². The highest BCUT2D eigenvalue weighted by molar-refractivity contribution is 7.15. The van der Waals surface area contributed by atoms with Crippen LogP contribution in [0.3, 0.4) is 0 Å². The number of hydrogen-bond donors (Lipinski definition) is 1. The maximum atomic E-state index is 4.98. The highest BCUT2D eigenvalue weighted by atomic mass is 32.1. The van der Waals surface area contributed by atoms with Crippen molar-refractivity contribution in [3.8, 4) is 0 Å². The molecular formula is C15H26N4S. The number of aromatic nitrogens is 1. The quantitative estimate of drug-likeness (QED) is 0.927. The average Bonchev–Trinajstić information content (AvgIpc) is 2.91. The van der Waals surface area contributed by atoms with Gasteiger partial charge in [-0.15, -0.1) is 11.3 Å². The van der Waals surface area contributed by atoms with Gasteiger partial charge in [0, 0.05) is 30.6 Å². The summed E-state index contributed by atoms with van der Waals surface area (Å²) >= 11 is 1.93. The Bertz CT molecular complexity index is 459. The van der Waals surface area contributed by atoms with Gasteiger partial charge in [0.25, 0.3) is 0 Å². The van der Waals surface area contributed by atoms with Gasteiger partial charge in [0.2, 0.25) is 0 Å². The Kier molecular flexibility index (Phi) is 4.29. The molecular weight excluding hydrogens is 268 g/mol. The third kappa shape index (κ3) is 2.59. The summed E-state index contributed by atoms with van der Waals surface area (Å²) in [7, 11) is 2.06. The Morgan fingerprint density at radius 3 is 2.95 bits per heavy atom. The molecule has 1 aliphatic heterocycles. The van der Waals surface area contributed by atoms with Gasteiger partial charge >= 0.3 is 0 Å². The Hall–Kier alpha value is -0.650. The summed E-state index contributed by atoms with van der Waals surface area (Å²) in [6, 6.07) is 1.10. The molecule has 0 radical (unpaired) electrons. The van der Waals surface area contributed by atoms with Crippen LogP contribution in [0.15, 0.2) is 0 Å². The molecule has 1 aromatic rings. The Morgan fingerprint density at radius 2 is 2.25 bits per heavy atom. The number of fused-ring (bicyclic) bond motifs is 1. The van der Waals surface area contributed by atoms with Crippen molar-refractivity contribution in [2.45, 2.75) is 45.2 Å². The lowest BCUT2D eigenvalue weighted by atomic mass is 9.98. The van der Waals surface area contributed by atoms with Gasteiger partial charge in [-0.25, -0.2) is 4.98 Å². The molecule has 5 heteroatoms. The van der Waals surface area contributed by atoms with E-state index in [0.29, 0.717) is 12.1 Å². The molecule has 0 spiro atoms. The van der Waals surface area contributed by atoms with E-state index in [1.165, 1.54) is 35.0 Å². The van der Waals surface area contributed by atoms with Gasteiger partial charge in [-0.1, -0.05) is 6.92 Å². The second-order valence-electron chi connectivity index (χ2n) is 5.96. The van der Waals surface area contributed by atoms with E-state index >= 15 is 0 Å². The molecule has 0 saturated carbocycles. The summed E-state index contributed by atoms with van der Waals surface area (Å²) in [6.45, 7) is 9.15. The number of nitrogens with one attached hydrogen (secondary N) is 1. The maximum Gasteiger partial charge on any atom is 0.185 e. The molecule has 4 nitrogen and oxygen atoms in total. The molecule has 2 unspecified atom stereocenters. The van der Waals surface area contributed by atoms with Crippen LogP contribution in [0.4, 0.5) is 5.13 Å². The second kappa shape index (κ2) is 6.00. The van der Waals surface area contributed by atoms with Crippen molar-refractivity contribution in [2.75, 3.05) is 38.1 Å². The predicted octanol–water partition coefficient (Wildman–Crippen LogP) is 2.27. The third-order valence-corrected chi connectivity index (χ3v) is 5.92. The summed E-state index contributed by atoms with van der Waals surface area (Å²) in [6.07, 6.45) is 3.74. The first-order chi connectivity index (χ1) is 9.72. The number of hydrogen-bond acceptors (Lipinski definition) is 5. The normalized spacial score (nSPS) is 27.6. The topological polar surface area (TPSA) is 31.4 Å². The molecule has 3 rings (SSSR count). The highest BCUT2D eigenvalue weighted by Crippen LogP contribution is 2.37. The number of thiazole rings is 1. The first-order valence-electron chi connectivity index (χ1n) is 7.88. The fraction of sp³-hybridized carbons (Fsp3) is 0.800. The first-order valence-corrected chi connectivity index (χ1v) is 8.70. The summed E-state index contributed by atoms with van der Waals surface area (Å²) in [5, 5.41) is 4.67. The fourth-order valence-electron chi connectivity index (χ4n) is 3.46. The number of piperazine rings is 1. The van der Waals surface area contributed by atoms with Crippen molar-refractivity contribution in [1.29, 1.82) is 0 Å². The van der Waals surface area contributed by atoms with Crippen LogP contribution < -0.4 is 10.2 Å². The predicted molar refractivity (Wildman–Crippen MR) is 85.8 cm³/mol. The minimum absolute atomic E-state index is 0.470. The molecule has 0 aromatic carbocycles. The van der Waals surface area contributed by atoms with Crippen LogP contribution in [0.5, 0.6) is 0 Å². The summed E-state index contributed by atoms with van der Waals surface area (Å²) in [5.41, 5.74) is 1.32. The molecule has 20 heavy (non-hydrogen) atoms. The molecule has 1 N–H and O–H groups in total. The van der Waals surface area contributed by atoms with Gasteiger partial charge in [-0.05, 0) is 39.8 Å². The van der Waals surface area contributed by atoms with E-state index < -0.39 is 0 Å². The Morgan fingerprint density at radius 1 is 1.40 bits per heavy atom. The minimum Gasteiger partial charge on any atom is -0.345 e. The Labute approximate surface area is 126 Å². The van der Waals surface area contributed by atoms with Crippen molar-refractivity contribution < 1.29 is 0 Å². The molecule has 1 fully saturated rings. The lowest BCUT2D eigenvalue weighted by Crippen LogP contribution is -2.51. The number of nitrogens with zero attached hydrogens (tertiary/aromatic N) is 3. The number of rotatable bonds is 3. The Balaban J connectivity index is 1.77. The van der Waals surface area contributed by atoms with Gasteiger partial charge < -0.3 is 10.2 Å². The fourth-order valence-corrected chi connectivity index (χ4v) is 4.66. The monoisotopic (exact) mass is 294 g/mol. The van der Waals surface area contributed by atoms with Crippen LogP contribution in [0.2, 0.25) is 0 Å². The summed E-state index contributed by atoms with van der Waals surface area (Å²) in [4.78, 5) is 11.5. The van der Waals surface area contributed by atoms with Crippen molar-refractivity contribution in [3.05, 3.63) is 10.6 Å². The molecule has 0 bridgehead atoms. The lowest BCUT2D eigenvalue weighted by molar-refractivity contribution is 0.199. The molecule has 112 valence electrons. The van der Waals surface area contributed by atoms with Crippen LogP contribution in [-0.4, -0.2) is 49.2 Å². The van der Waals surface area contributed by atoms with Gasteiger partial charge in [0.05, 0.1) is 11.7 Å². The average molecular weight is 294 g/mol. The lowest BCUT2D eigenvalue weighted by Gasteiger charge is -2.39. The van der Waals surface area contributed by atoms with E-state index in [0.717, 1.165) is 26.2 Å². The number of likely N-dealkylation sites (N-methyl/N-ethyl adjacent to an activating group) is 1. The molecule has 1 aromatic heterocycles. The van der Waals surface area contributed by atoms with E-state index in [4.69, 9.17) is 4.98 Å². The number of anilines is 1. The number of aryl methyl sites for hydroxylation is 1. The van der Waals surface area contributed by atoms with Crippen molar-refractivity contribution in [3.63, 3.8) is 0 Å². The zero-order valence-corrected chi connectivity index (χ0v) is 13.7. The zero-order chi connectivity index (χ0) is 14.1.